The van der Waals surface area contributed by atoms with Gasteiger partial charge in [0, 0.05) is 23.7 Å². The number of thiazole rings is 1. The molecule has 2 aromatic rings. The SMILES string of the molecule is Cc1scnc1C(=O)NC(CCC=CC(=O)O)C(=O)Nc1cccn(CC(=O)NCCC(C)C)c1=O. The first-order valence-corrected chi connectivity index (χ1v) is 12.3. The van der Waals surface area contributed by atoms with E-state index >= 15 is 0 Å². The van der Waals surface area contributed by atoms with Crippen molar-refractivity contribution < 1.29 is 24.3 Å². The first-order valence-electron chi connectivity index (χ1n) is 11.5. The summed E-state index contributed by atoms with van der Waals surface area (Å²) in [5.74, 6) is -2.23. The number of nitrogens with one attached hydrogen (secondary N) is 3. The second kappa shape index (κ2) is 13.9. The number of carboxylic acid groups (broad SMARTS) is 1. The van der Waals surface area contributed by atoms with Crippen molar-refractivity contribution in [3.63, 3.8) is 0 Å². The fourth-order valence-corrected chi connectivity index (χ4v) is 3.73. The molecule has 3 amide bonds. The topological polar surface area (TPSA) is 159 Å². The summed E-state index contributed by atoms with van der Waals surface area (Å²) in [6.07, 6.45) is 4.85. The third kappa shape index (κ3) is 9.10. The Labute approximate surface area is 212 Å². The summed E-state index contributed by atoms with van der Waals surface area (Å²) < 4.78 is 1.18. The fraction of sp³-hybridized carbons (Fsp3) is 0.417. The lowest BCUT2D eigenvalue weighted by atomic mass is 10.1. The number of carbonyl (C=O) groups excluding carboxylic acids is 3. The van der Waals surface area contributed by atoms with Gasteiger partial charge in [-0.1, -0.05) is 19.9 Å². The quantitative estimate of drug-likeness (QED) is 0.295. The zero-order chi connectivity index (χ0) is 26.7. The molecular formula is C24H31N5O6S. The molecule has 1 atom stereocenters. The minimum atomic E-state index is -1.13. The number of amides is 3. The molecule has 1 unspecified atom stereocenters. The van der Waals surface area contributed by atoms with Crippen LogP contribution < -0.4 is 21.5 Å². The lowest BCUT2D eigenvalue weighted by Gasteiger charge is -2.18. The molecular weight excluding hydrogens is 486 g/mol. The molecule has 0 aromatic carbocycles. The largest absolute Gasteiger partial charge is 0.478 e. The number of aromatic nitrogens is 2. The Morgan fingerprint density at radius 1 is 1.22 bits per heavy atom. The number of hydrogen-bond donors (Lipinski definition) is 4. The van der Waals surface area contributed by atoms with Crippen LogP contribution in [0.5, 0.6) is 0 Å². The van der Waals surface area contributed by atoms with Crippen molar-refractivity contribution in [3.8, 4) is 0 Å². The third-order valence-electron chi connectivity index (χ3n) is 5.10. The van der Waals surface area contributed by atoms with Crippen LogP contribution in [0.1, 0.15) is 48.5 Å². The highest BCUT2D eigenvalue weighted by Gasteiger charge is 2.24. The van der Waals surface area contributed by atoms with Crippen LogP contribution in [-0.2, 0) is 20.9 Å². The minimum Gasteiger partial charge on any atom is -0.478 e. The summed E-state index contributed by atoms with van der Waals surface area (Å²) in [7, 11) is 0. The maximum Gasteiger partial charge on any atom is 0.327 e. The van der Waals surface area contributed by atoms with E-state index in [4.69, 9.17) is 5.11 Å². The Hall–Kier alpha value is -3.80. The highest BCUT2D eigenvalue weighted by Crippen LogP contribution is 2.12. The molecule has 11 nitrogen and oxygen atoms in total. The Kier molecular flexibility index (Phi) is 11.0. The average molecular weight is 518 g/mol. The van der Waals surface area contributed by atoms with E-state index < -0.39 is 29.4 Å². The van der Waals surface area contributed by atoms with Crippen LogP contribution in [0.4, 0.5) is 5.69 Å². The molecule has 0 bridgehead atoms. The number of carbonyl (C=O) groups is 4. The van der Waals surface area contributed by atoms with Gasteiger partial charge < -0.3 is 25.6 Å². The number of pyridine rings is 1. The molecule has 2 rings (SSSR count). The standard InChI is InChI=1S/C24H31N5O6S/c1-15(2)10-11-25-19(30)13-29-12-6-8-18(24(29)35)28-22(33)17(7-4-5-9-20(31)32)27-23(34)21-16(3)36-14-26-21/h5-6,8-9,12,14-15,17H,4,7,10-11,13H2,1-3H3,(H,25,30)(H,27,34)(H,28,33)(H,31,32). The molecule has 0 saturated carbocycles. The maximum absolute atomic E-state index is 13.0. The summed E-state index contributed by atoms with van der Waals surface area (Å²) in [6.45, 7) is 6.10. The van der Waals surface area contributed by atoms with E-state index in [9.17, 15) is 24.0 Å². The lowest BCUT2D eigenvalue weighted by Crippen LogP contribution is -2.45. The fourth-order valence-electron chi connectivity index (χ4n) is 3.15. The van der Waals surface area contributed by atoms with Gasteiger partial charge in [0.15, 0.2) is 0 Å². The van der Waals surface area contributed by atoms with Gasteiger partial charge in [-0.2, -0.15) is 0 Å². The molecule has 0 spiro atoms. The predicted molar refractivity (Wildman–Crippen MR) is 136 cm³/mol. The molecule has 36 heavy (non-hydrogen) atoms. The van der Waals surface area contributed by atoms with Crippen molar-refractivity contribution in [2.24, 2.45) is 5.92 Å². The zero-order valence-corrected chi connectivity index (χ0v) is 21.3. The number of rotatable bonds is 13. The van der Waals surface area contributed by atoms with E-state index in [0.717, 1.165) is 12.5 Å². The van der Waals surface area contributed by atoms with E-state index in [0.29, 0.717) is 17.3 Å². The summed E-state index contributed by atoms with van der Waals surface area (Å²) in [6, 6.07) is 1.87. The Bertz CT molecular complexity index is 1170. The van der Waals surface area contributed by atoms with Gasteiger partial charge >= 0.3 is 5.97 Å². The van der Waals surface area contributed by atoms with Crippen molar-refractivity contribution >= 4 is 40.7 Å². The van der Waals surface area contributed by atoms with Gasteiger partial charge in [0.05, 0.1) is 5.51 Å². The van der Waals surface area contributed by atoms with Crippen molar-refractivity contribution in [2.45, 2.75) is 52.6 Å². The summed E-state index contributed by atoms with van der Waals surface area (Å²) in [4.78, 5) is 66.1. The minimum absolute atomic E-state index is 0.0531. The van der Waals surface area contributed by atoms with Crippen molar-refractivity contribution in [1.29, 1.82) is 0 Å². The number of allylic oxidation sites excluding steroid dienone is 1. The van der Waals surface area contributed by atoms with E-state index in [1.807, 2.05) is 13.8 Å². The van der Waals surface area contributed by atoms with Crippen molar-refractivity contribution in [2.75, 3.05) is 11.9 Å². The van der Waals surface area contributed by atoms with Gasteiger partial charge in [-0.15, -0.1) is 11.3 Å². The van der Waals surface area contributed by atoms with E-state index in [1.54, 1.807) is 6.92 Å². The Balaban J connectivity index is 2.13. The first-order chi connectivity index (χ1) is 17.1. The number of aryl methyl sites for hydroxylation is 1. The zero-order valence-electron chi connectivity index (χ0n) is 20.4. The molecule has 12 heteroatoms. The monoisotopic (exact) mass is 517 g/mol. The molecule has 0 fully saturated rings. The van der Waals surface area contributed by atoms with Crippen LogP contribution in [0.15, 0.2) is 40.8 Å². The predicted octanol–water partition coefficient (Wildman–Crippen LogP) is 1.93. The third-order valence-corrected chi connectivity index (χ3v) is 5.86. The molecule has 194 valence electrons. The van der Waals surface area contributed by atoms with E-state index in [1.165, 1.54) is 45.8 Å². The van der Waals surface area contributed by atoms with Crippen LogP contribution in [0.2, 0.25) is 0 Å². The van der Waals surface area contributed by atoms with E-state index in [-0.39, 0.29) is 36.7 Å². The van der Waals surface area contributed by atoms with Crippen molar-refractivity contribution in [1.82, 2.24) is 20.2 Å². The highest BCUT2D eigenvalue weighted by molar-refractivity contribution is 7.09. The lowest BCUT2D eigenvalue weighted by molar-refractivity contribution is -0.131. The van der Waals surface area contributed by atoms with Crippen LogP contribution in [0, 0.1) is 12.8 Å². The smallest absolute Gasteiger partial charge is 0.327 e. The van der Waals surface area contributed by atoms with Gasteiger partial charge in [0.25, 0.3) is 11.5 Å². The van der Waals surface area contributed by atoms with Gasteiger partial charge in [-0.05, 0) is 44.2 Å². The summed E-state index contributed by atoms with van der Waals surface area (Å²) >= 11 is 1.28. The number of hydrogen-bond acceptors (Lipinski definition) is 7. The molecule has 4 N–H and O–H groups in total. The molecule has 0 radical (unpaired) electrons. The second-order valence-electron chi connectivity index (χ2n) is 8.48. The summed E-state index contributed by atoms with van der Waals surface area (Å²) in [5, 5.41) is 16.6. The van der Waals surface area contributed by atoms with Crippen LogP contribution in [0.25, 0.3) is 0 Å². The van der Waals surface area contributed by atoms with Crippen LogP contribution >= 0.6 is 11.3 Å². The summed E-state index contributed by atoms with van der Waals surface area (Å²) in [5.41, 5.74) is 1.07. The van der Waals surface area contributed by atoms with Crippen LogP contribution in [0.3, 0.4) is 0 Å². The normalized spacial score (nSPS) is 11.9. The molecule has 2 aromatic heterocycles. The number of anilines is 1. The molecule has 0 aliphatic rings. The molecule has 0 aliphatic heterocycles. The molecule has 0 saturated heterocycles. The molecule has 2 heterocycles. The second-order valence-corrected chi connectivity index (χ2v) is 9.54. The number of nitrogens with zero attached hydrogens (tertiary/aromatic N) is 2. The van der Waals surface area contributed by atoms with Crippen molar-refractivity contribution in [3.05, 3.63) is 56.9 Å². The Morgan fingerprint density at radius 3 is 2.61 bits per heavy atom. The van der Waals surface area contributed by atoms with E-state index in [2.05, 4.69) is 20.9 Å². The van der Waals surface area contributed by atoms with Crippen LogP contribution in [-0.4, -0.2) is 50.9 Å². The maximum atomic E-state index is 13.0. The Morgan fingerprint density at radius 2 is 1.97 bits per heavy atom. The molecule has 0 aliphatic carbocycles. The van der Waals surface area contributed by atoms with Gasteiger partial charge in [0.2, 0.25) is 11.8 Å². The number of carboxylic acids is 1. The number of aliphatic carboxylic acids is 1. The average Bonchev–Trinajstić information content (AvgIpc) is 3.24. The first kappa shape index (κ1) is 28.4. The van der Waals surface area contributed by atoms with Gasteiger partial charge in [0.1, 0.15) is 24.0 Å². The van der Waals surface area contributed by atoms with Gasteiger partial charge in [-0.3, -0.25) is 19.2 Å². The van der Waals surface area contributed by atoms with Gasteiger partial charge in [-0.25, -0.2) is 9.78 Å². The highest BCUT2D eigenvalue weighted by atomic mass is 32.1.